The fraction of sp³-hybridized carbons (Fsp3) is 0.200. The Morgan fingerprint density at radius 1 is 1.73 bits per heavy atom. The van der Waals surface area contributed by atoms with Crippen molar-refractivity contribution in [3.05, 3.63) is 17.5 Å². The molecule has 0 aliphatic rings. The van der Waals surface area contributed by atoms with Gasteiger partial charge in [0.25, 0.3) is 0 Å². The fourth-order valence-corrected chi connectivity index (χ4v) is 0.762. The molecule has 11 heavy (non-hydrogen) atoms. The molecule has 0 bridgehead atoms. The standard InChI is InChI=1S/C5H3ClF2N2O/c6-5(7,8)3-1-9-10-4(3)2-11/h1-2H,(H,9,10). The number of halogens is 3. The van der Waals surface area contributed by atoms with Gasteiger partial charge in [0.05, 0.1) is 11.8 Å². The zero-order valence-electron chi connectivity index (χ0n) is 5.14. The molecule has 6 heteroatoms. The molecule has 1 N–H and O–H groups in total. The molecule has 0 aliphatic heterocycles. The van der Waals surface area contributed by atoms with Gasteiger partial charge in [-0.3, -0.25) is 9.89 Å². The average Bonchev–Trinajstić information content (AvgIpc) is 2.31. The van der Waals surface area contributed by atoms with Crippen LogP contribution in [0.25, 0.3) is 0 Å². The van der Waals surface area contributed by atoms with E-state index in [0.717, 1.165) is 6.20 Å². The van der Waals surface area contributed by atoms with Gasteiger partial charge in [-0.1, -0.05) is 0 Å². The second-order valence-corrected chi connectivity index (χ2v) is 2.29. The normalized spacial score (nSPS) is 11.5. The monoisotopic (exact) mass is 180 g/mol. The highest BCUT2D eigenvalue weighted by Crippen LogP contribution is 2.32. The predicted octanol–water partition coefficient (Wildman–Crippen LogP) is 1.51. The molecule has 1 aromatic rings. The Morgan fingerprint density at radius 3 is 2.73 bits per heavy atom. The number of rotatable bonds is 2. The van der Waals surface area contributed by atoms with Crippen LogP contribution in [-0.4, -0.2) is 16.5 Å². The van der Waals surface area contributed by atoms with Gasteiger partial charge < -0.3 is 0 Å². The third kappa shape index (κ3) is 1.54. The van der Waals surface area contributed by atoms with E-state index in [1.165, 1.54) is 0 Å². The summed E-state index contributed by atoms with van der Waals surface area (Å²) in [4.78, 5) is 10.1. The summed E-state index contributed by atoms with van der Waals surface area (Å²) in [7, 11) is 0. The molecule has 3 nitrogen and oxygen atoms in total. The maximum atomic E-state index is 12.3. The van der Waals surface area contributed by atoms with Crippen LogP contribution in [0.4, 0.5) is 8.78 Å². The number of carbonyl (C=O) groups is 1. The van der Waals surface area contributed by atoms with Crippen molar-refractivity contribution in [2.24, 2.45) is 0 Å². The molecule has 0 saturated heterocycles. The molecular weight excluding hydrogens is 178 g/mol. The Labute approximate surface area is 65.4 Å². The van der Waals surface area contributed by atoms with Crippen LogP contribution < -0.4 is 0 Å². The van der Waals surface area contributed by atoms with Crippen LogP contribution >= 0.6 is 11.6 Å². The first-order valence-electron chi connectivity index (χ1n) is 2.61. The van der Waals surface area contributed by atoms with Crippen molar-refractivity contribution in [1.29, 1.82) is 0 Å². The lowest BCUT2D eigenvalue weighted by Gasteiger charge is -2.03. The molecule has 0 atom stereocenters. The largest absolute Gasteiger partial charge is 0.351 e. The number of nitrogens with zero attached hydrogens (tertiary/aromatic N) is 1. The third-order valence-corrected chi connectivity index (χ3v) is 1.30. The molecule has 60 valence electrons. The number of carbonyl (C=O) groups excluding carboxylic acids is 1. The molecule has 0 unspecified atom stereocenters. The number of hydrogen-bond donors (Lipinski definition) is 1. The van der Waals surface area contributed by atoms with E-state index in [1.54, 1.807) is 0 Å². The molecule has 1 rings (SSSR count). The Kier molecular flexibility index (Phi) is 1.90. The Hall–Kier alpha value is -0.970. The van der Waals surface area contributed by atoms with Gasteiger partial charge in [0.1, 0.15) is 5.69 Å². The predicted molar refractivity (Wildman–Crippen MR) is 33.7 cm³/mol. The molecule has 0 radical (unpaired) electrons. The molecule has 1 aromatic heterocycles. The zero-order valence-corrected chi connectivity index (χ0v) is 5.90. The van der Waals surface area contributed by atoms with Crippen molar-refractivity contribution in [2.75, 3.05) is 0 Å². The van der Waals surface area contributed by atoms with Crippen molar-refractivity contribution in [3.63, 3.8) is 0 Å². The van der Waals surface area contributed by atoms with E-state index in [2.05, 4.69) is 21.8 Å². The van der Waals surface area contributed by atoms with E-state index in [0.29, 0.717) is 0 Å². The Bertz CT molecular complexity index is 268. The summed E-state index contributed by atoms with van der Waals surface area (Å²) in [6, 6.07) is 0. The van der Waals surface area contributed by atoms with E-state index in [1.807, 2.05) is 0 Å². The minimum absolute atomic E-state index is 0.235. The molecule has 0 saturated carbocycles. The smallest absolute Gasteiger partial charge is 0.296 e. The van der Waals surface area contributed by atoms with Gasteiger partial charge in [-0.25, -0.2) is 0 Å². The van der Waals surface area contributed by atoms with Gasteiger partial charge in [-0.15, -0.1) is 0 Å². The minimum Gasteiger partial charge on any atom is -0.296 e. The van der Waals surface area contributed by atoms with Crippen LogP contribution in [0.1, 0.15) is 16.1 Å². The molecule has 0 amide bonds. The van der Waals surface area contributed by atoms with Crippen LogP contribution in [0, 0.1) is 0 Å². The van der Waals surface area contributed by atoms with Crippen molar-refractivity contribution < 1.29 is 13.6 Å². The molecular formula is C5H3ClF2N2O. The second-order valence-electron chi connectivity index (χ2n) is 1.81. The molecule has 1 heterocycles. The van der Waals surface area contributed by atoms with Crippen LogP contribution in [0.15, 0.2) is 6.20 Å². The number of nitrogens with one attached hydrogen (secondary N) is 1. The summed E-state index contributed by atoms with van der Waals surface area (Å²) < 4.78 is 24.6. The van der Waals surface area contributed by atoms with Gasteiger partial charge in [0.15, 0.2) is 6.29 Å². The number of aldehydes is 1. The number of aromatic nitrogens is 2. The maximum Gasteiger partial charge on any atom is 0.351 e. The van der Waals surface area contributed by atoms with Crippen LogP contribution in [0.3, 0.4) is 0 Å². The first-order chi connectivity index (χ1) is 5.05. The Balaban J connectivity index is 3.12. The van der Waals surface area contributed by atoms with E-state index >= 15 is 0 Å². The highest BCUT2D eigenvalue weighted by molar-refractivity contribution is 6.22. The van der Waals surface area contributed by atoms with E-state index in [4.69, 9.17) is 0 Å². The van der Waals surface area contributed by atoms with Gasteiger partial charge in [0, 0.05) is 0 Å². The topological polar surface area (TPSA) is 45.8 Å². The summed E-state index contributed by atoms with van der Waals surface area (Å²) in [5.41, 5.74) is -0.904. The number of aromatic amines is 1. The first kappa shape index (κ1) is 8.13. The lowest BCUT2D eigenvalue weighted by molar-refractivity contribution is 0.0918. The molecule has 0 aliphatic carbocycles. The first-order valence-corrected chi connectivity index (χ1v) is 2.99. The number of H-pyrrole nitrogens is 1. The average molecular weight is 181 g/mol. The van der Waals surface area contributed by atoms with Gasteiger partial charge in [-0.05, 0) is 11.6 Å². The maximum absolute atomic E-state index is 12.3. The molecule has 0 aromatic carbocycles. The van der Waals surface area contributed by atoms with E-state index in [-0.39, 0.29) is 12.0 Å². The van der Waals surface area contributed by atoms with E-state index in [9.17, 15) is 13.6 Å². The van der Waals surface area contributed by atoms with Gasteiger partial charge in [0.2, 0.25) is 0 Å². The van der Waals surface area contributed by atoms with Crippen molar-refractivity contribution in [2.45, 2.75) is 5.38 Å². The van der Waals surface area contributed by atoms with E-state index < -0.39 is 10.9 Å². The third-order valence-electron chi connectivity index (χ3n) is 1.09. The Morgan fingerprint density at radius 2 is 2.36 bits per heavy atom. The van der Waals surface area contributed by atoms with Crippen molar-refractivity contribution in [1.82, 2.24) is 10.2 Å². The summed E-state index contributed by atoms with van der Waals surface area (Å²) >= 11 is 4.63. The van der Waals surface area contributed by atoms with Crippen molar-refractivity contribution in [3.8, 4) is 0 Å². The van der Waals surface area contributed by atoms with Crippen molar-refractivity contribution >= 4 is 17.9 Å². The fourth-order valence-electron chi connectivity index (χ4n) is 0.612. The SMILES string of the molecule is O=Cc1[nH]ncc1C(F)(F)Cl. The second kappa shape index (κ2) is 2.58. The van der Waals surface area contributed by atoms with Crippen LogP contribution in [0.5, 0.6) is 0 Å². The summed E-state index contributed by atoms with van der Waals surface area (Å²) in [5.74, 6) is 0. The van der Waals surface area contributed by atoms with Crippen LogP contribution in [-0.2, 0) is 5.38 Å². The molecule has 0 fully saturated rings. The summed E-state index contributed by atoms with van der Waals surface area (Å²) in [6.45, 7) is 0. The quantitative estimate of drug-likeness (QED) is 0.554. The zero-order chi connectivity index (χ0) is 8.48. The number of alkyl halides is 3. The summed E-state index contributed by atoms with van der Waals surface area (Å²) in [6.07, 6.45) is 1.05. The number of hydrogen-bond acceptors (Lipinski definition) is 2. The molecule has 0 spiro atoms. The van der Waals surface area contributed by atoms with Crippen LogP contribution in [0.2, 0.25) is 0 Å². The summed E-state index contributed by atoms with van der Waals surface area (Å²) in [5, 5.41) is 1.78. The lowest BCUT2D eigenvalue weighted by Crippen LogP contribution is -2.04. The highest BCUT2D eigenvalue weighted by atomic mass is 35.5. The highest BCUT2D eigenvalue weighted by Gasteiger charge is 2.32. The van der Waals surface area contributed by atoms with Gasteiger partial charge in [-0.2, -0.15) is 13.9 Å². The van der Waals surface area contributed by atoms with Gasteiger partial charge >= 0.3 is 5.38 Å². The minimum atomic E-state index is -3.54. The lowest BCUT2D eigenvalue weighted by atomic mass is 10.3.